The number of rotatable bonds is 6. The lowest BCUT2D eigenvalue weighted by molar-refractivity contribution is -0.173. The van der Waals surface area contributed by atoms with Crippen molar-refractivity contribution in [3.63, 3.8) is 0 Å². The van der Waals surface area contributed by atoms with E-state index >= 15 is 0 Å². The van der Waals surface area contributed by atoms with E-state index in [2.05, 4.69) is 0 Å². The molecular weight excluding hydrogens is 430 g/mol. The smallest absolute Gasteiger partial charge is 0.330 e. The van der Waals surface area contributed by atoms with Gasteiger partial charge in [-0.1, -0.05) is 84.9 Å². The largest absolute Gasteiger partial charge is 0.468 e. The molecule has 1 fully saturated rings. The predicted molar refractivity (Wildman–Crippen MR) is 129 cm³/mol. The SMILES string of the molecule is COC(=O)C1(C(=O)OC)/C(=C/Cc2ccccc2)CON(c2ccccc2)C1c1ccccc1. The molecule has 0 aromatic heterocycles. The van der Waals surface area contributed by atoms with Crippen LogP contribution in [0.3, 0.4) is 0 Å². The summed E-state index contributed by atoms with van der Waals surface area (Å²) in [6.45, 7) is 0.0231. The summed E-state index contributed by atoms with van der Waals surface area (Å²) in [5.74, 6) is -1.39. The molecule has 0 N–H and O–H groups in total. The highest BCUT2D eigenvalue weighted by atomic mass is 16.7. The Morgan fingerprint density at radius 3 is 1.97 bits per heavy atom. The number of allylic oxidation sites excluding steroid dienone is 1. The Hall–Kier alpha value is -3.90. The number of methoxy groups -OCH3 is 2. The quantitative estimate of drug-likeness (QED) is 0.304. The molecule has 1 unspecified atom stereocenters. The van der Waals surface area contributed by atoms with Gasteiger partial charge >= 0.3 is 11.9 Å². The lowest BCUT2D eigenvalue weighted by atomic mass is 9.69. The van der Waals surface area contributed by atoms with Crippen LogP contribution in [0.25, 0.3) is 0 Å². The molecule has 6 nitrogen and oxygen atoms in total. The molecule has 0 amide bonds. The second-order valence-electron chi connectivity index (χ2n) is 7.96. The molecule has 0 saturated carbocycles. The lowest BCUT2D eigenvalue weighted by Gasteiger charge is -2.47. The Bertz CT molecular complexity index is 1130. The number of hydroxylamine groups is 1. The zero-order chi connectivity index (χ0) is 24.0. The molecule has 1 saturated heterocycles. The van der Waals surface area contributed by atoms with Crippen LogP contribution < -0.4 is 5.06 Å². The van der Waals surface area contributed by atoms with Crippen molar-refractivity contribution in [2.45, 2.75) is 12.5 Å². The minimum atomic E-state index is -1.77. The van der Waals surface area contributed by atoms with E-state index in [0.717, 1.165) is 5.56 Å². The van der Waals surface area contributed by atoms with E-state index < -0.39 is 23.4 Å². The van der Waals surface area contributed by atoms with Gasteiger partial charge in [-0.15, -0.1) is 0 Å². The van der Waals surface area contributed by atoms with Crippen LogP contribution in [0.15, 0.2) is 103 Å². The van der Waals surface area contributed by atoms with Crippen molar-refractivity contribution < 1.29 is 23.9 Å². The van der Waals surface area contributed by atoms with Crippen molar-refractivity contribution in [2.75, 3.05) is 25.9 Å². The number of carbonyl (C=O) groups excluding carboxylic acids is 2. The van der Waals surface area contributed by atoms with Crippen molar-refractivity contribution in [1.29, 1.82) is 0 Å². The number of hydrogen-bond donors (Lipinski definition) is 0. The number of ether oxygens (including phenoxy) is 2. The van der Waals surface area contributed by atoms with Crippen molar-refractivity contribution in [3.05, 3.63) is 114 Å². The summed E-state index contributed by atoms with van der Waals surface area (Å²) >= 11 is 0. The maximum atomic E-state index is 13.6. The zero-order valence-corrected chi connectivity index (χ0v) is 19.2. The van der Waals surface area contributed by atoms with Gasteiger partial charge < -0.3 is 9.47 Å². The molecule has 1 atom stereocenters. The summed E-state index contributed by atoms with van der Waals surface area (Å²) in [5, 5.41) is 1.61. The summed E-state index contributed by atoms with van der Waals surface area (Å²) in [5.41, 5.74) is 1.19. The second kappa shape index (κ2) is 10.4. The second-order valence-corrected chi connectivity index (χ2v) is 7.96. The van der Waals surface area contributed by atoms with Crippen LogP contribution in [-0.4, -0.2) is 32.8 Å². The van der Waals surface area contributed by atoms with E-state index in [1.54, 1.807) is 5.06 Å². The predicted octanol–water partition coefficient (Wildman–Crippen LogP) is 4.68. The van der Waals surface area contributed by atoms with Crippen LogP contribution in [0.5, 0.6) is 0 Å². The first-order chi connectivity index (χ1) is 16.6. The summed E-state index contributed by atoms with van der Waals surface area (Å²) in [6, 6.07) is 27.7. The Labute approximate surface area is 199 Å². The molecule has 1 heterocycles. The van der Waals surface area contributed by atoms with Gasteiger partial charge in [-0.05, 0) is 35.3 Å². The minimum Gasteiger partial charge on any atom is -0.468 e. The molecule has 0 radical (unpaired) electrons. The van der Waals surface area contributed by atoms with Gasteiger partial charge in [0.1, 0.15) is 6.04 Å². The molecule has 0 bridgehead atoms. The number of esters is 2. The number of anilines is 1. The number of carbonyl (C=O) groups is 2. The molecule has 174 valence electrons. The first-order valence-electron chi connectivity index (χ1n) is 11.0. The molecule has 3 aromatic carbocycles. The van der Waals surface area contributed by atoms with Gasteiger partial charge in [-0.3, -0.25) is 14.4 Å². The van der Waals surface area contributed by atoms with Gasteiger partial charge in [0.15, 0.2) is 0 Å². The topological polar surface area (TPSA) is 65.1 Å². The maximum Gasteiger partial charge on any atom is 0.330 e. The minimum absolute atomic E-state index is 0.0231. The lowest BCUT2D eigenvalue weighted by Crippen LogP contribution is -2.57. The highest BCUT2D eigenvalue weighted by molar-refractivity contribution is 6.05. The van der Waals surface area contributed by atoms with Crippen molar-refractivity contribution in [2.24, 2.45) is 5.41 Å². The Morgan fingerprint density at radius 1 is 0.882 bits per heavy atom. The molecule has 4 rings (SSSR count). The van der Waals surface area contributed by atoms with Crippen LogP contribution in [0.4, 0.5) is 5.69 Å². The van der Waals surface area contributed by atoms with Crippen LogP contribution in [0.2, 0.25) is 0 Å². The van der Waals surface area contributed by atoms with E-state index in [0.29, 0.717) is 23.2 Å². The van der Waals surface area contributed by atoms with E-state index in [1.807, 2.05) is 97.1 Å². The van der Waals surface area contributed by atoms with Crippen LogP contribution in [0, 0.1) is 5.41 Å². The fourth-order valence-corrected chi connectivity index (χ4v) is 4.46. The van der Waals surface area contributed by atoms with Gasteiger partial charge in [0.25, 0.3) is 0 Å². The average Bonchev–Trinajstić information content (AvgIpc) is 2.91. The third-order valence-electron chi connectivity index (χ3n) is 6.08. The third-order valence-corrected chi connectivity index (χ3v) is 6.08. The van der Waals surface area contributed by atoms with Gasteiger partial charge in [-0.25, -0.2) is 5.06 Å². The van der Waals surface area contributed by atoms with Crippen LogP contribution in [-0.2, 0) is 30.3 Å². The summed E-state index contributed by atoms with van der Waals surface area (Å²) in [6.07, 6.45) is 2.39. The zero-order valence-electron chi connectivity index (χ0n) is 19.2. The van der Waals surface area contributed by atoms with Crippen molar-refractivity contribution in [3.8, 4) is 0 Å². The first-order valence-corrected chi connectivity index (χ1v) is 11.0. The molecule has 34 heavy (non-hydrogen) atoms. The summed E-state index contributed by atoms with van der Waals surface area (Å²) in [4.78, 5) is 33.5. The normalized spacial score (nSPS) is 18.4. The molecule has 0 aliphatic carbocycles. The van der Waals surface area contributed by atoms with E-state index in [-0.39, 0.29) is 6.61 Å². The third kappa shape index (κ3) is 4.20. The molecule has 0 spiro atoms. The molecule has 1 aliphatic rings. The van der Waals surface area contributed by atoms with Gasteiger partial charge in [-0.2, -0.15) is 0 Å². The Morgan fingerprint density at radius 2 is 1.41 bits per heavy atom. The summed E-state index contributed by atoms with van der Waals surface area (Å²) in [7, 11) is 2.57. The van der Waals surface area contributed by atoms with E-state index in [9.17, 15) is 9.59 Å². The monoisotopic (exact) mass is 457 g/mol. The molecule has 3 aromatic rings. The highest BCUT2D eigenvalue weighted by Gasteiger charge is 2.62. The van der Waals surface area contributed by atoms with Crippen molar-refractivity contribution >= 4 is 17.6 Å². The van der Waals surface area contributed by atoms with Crippen LogP contribution in [0.1, 0.15) is 17.2 Å². The highest BCUT2D eigenvalue weighted by Crippen LogP contribution is 2.51. The van der Waals surface area contributed by atoms with E-state index in [1.165, 1.54) is 14.2 Å². The Balaban J connectivity index is 1.94. The van der Waals surface area contributed by atoms with Gasteiger partial charge in [0.2, 0.25) is 5.41 Å². The number of benzene rings is 3. The maximum absolute atomic E-state index is 13.6. The van der Waals surface area contributed by atoms with E-state index in [4.69, 9.17) is 14.3 Å². The van der Waals surface area contributed by atoms with Gasteiger partial charge in [0.05, 0.1) is 26.5 Å². The van der Waals surface area contributed by atoms with Crippen molar-refractivity contribution in [1.82, 2.24) is 0 Å². The fourth-order valence-electron chi connectivity index (χ4n) is 4.46. The average molecular weight is 458 g/mol. The van der Waals surface area contributed by atoms with Crippen LogP contribution >= 0.6 is 0 Å². The Kier molecular flexibility index (Phi) is 7.09. The number of nitrogens with zero attached hydrogens (tertiary/aromatic N) is 1. The number of hydrogen-bond acceptors (Lipinski definition) is 6. The number of para-hydroxylation sites is 1. The van der Waals surface area contributed by atoms with Gasteiger partial charge in [0, 0.05) is 0 Å². The molecular formula is C28H27NO5. The standard InChI is InChI=1S/C28H27NO5/c1-32-26(30)28(27(31)33-2)23(19-18-21-12-6-3-7-13-21)20-34-29(24-16-10-5-11-17-24)25(28)22-14-8-4-9-15-22/h3-17,19,25H,18,20H2,1-2H3/b23-19+. The molecule has 1 aliphatic heterocycles. The molecule has 6 heteroatoms. The summed E-state index contributed by atoms with van der Waals surface area (Å²) < 4.78 is 10.5. The fraction of sp³-hybridized carbons (Fsp3) is 0.214. The first kappa shape index (κ1) is 23.3.